The lowest BCUT2D eigenvalue weighted by molar-refractivity contribution is -0.137. The van der Waals surface area contributed by atoms with Crippen molar-refractivity contribution in [3.05, 3.63) is 51.4 Å². The molecule has 0 amide bonds. The number of benzene rings is 1. The number of anilines is 2. The second-order valence-corrected chi connectivity index (χ2v) is 7.22. The van der Waals surface area contributed by atoms with E-state index in [4.69, 9.17) is 0 Å². The Hall–Kier alpha value is -2.35. The van der Waals surface area contributed by atoms with Crippen LogP contribution >= 0.6 is 0 Å². The van der Waals surface area contributed by atoms with Crippen molar-refractivity contribution >= 4 is 11.6 Å². The molecule has 0 atom stereocenters. The molecule has 2 heterocycles. The van der Waals surface area contributed by atoms with E-state index in [-0.39, 0.29) is 5.56 Å². The first kappa shape index (κ1) is 20.4. The number of hydrogen-bond acceptors (Lipinski definition) is 4. The van der Waals surface area contributed by atoms with Gasteiger partial charge in [0.1, 0.15) is 0 Å². The molecule has 1 aliphatic heterocycles. The summed E-state index contributed by atoms with van der Waals surface area (Å²) in [6.07, 6.45) is -1.33. The van der Waals surface area contributed by atoms with Crippen LogP contribution in [0.3, 0.4) is 0 Å². The van der Waals surface area contributed by atoms with Crippen LogP contribution in [-0.2, 0) is 12.8 Å². The highest BCUT2D eigenvalue weighted by Gasteiger charge is 2.32. The van der Waals surface area contributed by atoms with E-state index < -0.39 is 11.7 Å². The number of fused-ring (bicyclic) bond motifs is 1. The minimum atomic E-state index is -4.43. The van der Waals surface area contributed by atoms with E-state index in [2.05, 4.69) is 16.8 Å². The number of alkyl halides is 3. The van der Waals surface area contributed by atoms with Gasteiger partial charge in [0.15, 0.2) is 0 Å². The highest BCUT2D eigenvalue weighted by Crippen LogP contribution is 2.34. The Kier molecular flexibility index (Phi) is 5.79. The third-order valence-electron chi connectivity index (χ3n) is 5.11. The second-order valence-electron chi connectivity index (χ2n) is 7.22. The summed E-state index contributed by atoms with van der Waals surface area (Å²) in [6, 6.07) is 5.17. The van der Waals surface area contributed by atoms with Crippen molar-refractivity contribution in [3.8, 4) is 0 Å². The molecule has 152 valence electrons. The molecule has 0 spiro atoms. The monoisotopic (exact) mass is 394 g/mol. The van der Waals surface area contributed by atoms with E-state index in [1.54, 1.807) is 29.4 Å². The Morgan fingerprint density at radius 2 is 1.89 bits per heavy atom. The van der Waals surface area contributed by atoms with Crippen molar-refractivity contribution in [3.63, 3.8) is 0 Å². The minimum Gasteiger partial charge on any atom is -0.298 e. The van der Waals surface area contributed by atoms with Gasteiger partial charge >= 0.3 is 6.18 Å². The molecular formula is C20H25F3N4O. The topological polar surface area (TPSA) is 41.4 Å². The third-order valence-corrected chi connectivity index (χ3v) is 5.11. The van der Waals surface area contributed by atoms with Gasteiger partial charge in [0, 0.05) is 23.5 Å². The molecule has 0 bridgehead atoms. The molecule has 0 fully saturated rings. The summed E-state index contributed by atoms with van der Waals surface area (Å²) >= 11 is 0. The first-order valence-corrected chi connectivity index (χ1v) is 9.47. The number of aromatic nitrogens is 2. The average Bonchev–Trinajstić information content (AvgIpc) is 2.66. The lowest BCUT2D eigenvalue weighted by Gasteiger charge is -2.38. The molecule has 0 unspecified atom stereocenters. The molecule has 28 heavy (non-hydrogen) atoms. The highest BCUT2D eigenvalue weighted by atomic mass is 19.4. The van der Waals surface area contributed by atoms with Crippen molar-refractivity contribution < 1.29 is 13.2 Å². The Balaban J connectivity index is 2.06. The first-order valence-electron chi connectivity index (χ1n) is 9.47. The van der Waals surface area contributed by atoms with E-state index >= 15 is 0 Å². The van der Waals surface area contributed by atoms with Gasteiger partial charge in [-0.15, -0.1) is 0 Å². The number of aryl methyl sites for hydroxylation is 1. The van der Waals surface area contributed by atoms with Gasteiger partial charge in [-0.25, -0.2) is 4.98 Å². The minimum absolute atomic E-state index is 0.153. The largest absolute Gasteiger partial charge is 0.416 e. The molecule has 0 N–H and O–H groups in total. The third kappa shape index (κ3) is 4.06. The summed E-state index contributed by atoms with van der Waals surface area (Å²) in [6.45, 7) is 7.13. The van der Waals surface area contributed by atoms with E-state index in [1.165, 1.54) is 6.07 Å². The quantitative estimate of drug-likeness (QED) is 0.703. The molecular weight excluding hydrogens is 369 g/mol. The smallest absolute Gasteiger partial charge is 0.298 e. The summed E-state index contributed by atoms with van der Waals surface area (Å²) in [5.41, 5.74) is 0.653. The van der Waals surface area contributed by atoms with Gasteiger partial charge in [-0.3, -0.25) is 19.2 Å². The number of hydrogen-bond donors (Lipinski definition) is 0. The maximum atomic E-state index is 13.2. The zero-order valence-electron chi connectivity index (χ0n) is 16.4. The Labute approximate surface area is 162 Å². The van der Waals surface area contributed by atoms with Crippen LogP contribution < -0.4 is 10.5 Å². The molecule has 1 aromatic heterocycles. The zero-order valence-corrected chi connectivity index (χ0v) is 16.4. The summed E-state index contributed by atoms with van der Waals surface area (Å²) in [5.74, 6) is 0.388. The molecule has 0 saturated carbocycles. The zero-order chi connectivity index (χ0) is 20.5. The van der Waals surface area contributed by atoms with E-state index in [0.29, 0.717) is 36.2 Å². The van der Waals surface area contributed by atoms with Crippen LogP contribution in [0.25, 0.3) is 0 Å². The summed E-state index contributed by atoms with van der Waals surface area (Å²) in [7, 11) is 0. The molecule has 3 rings (SSSR count). The number of halogens is 3. The van der Waals surface area contributed by atoms with Crippen LogP contribution in [0.2, 0.25) is 0 Å². The van der Waals surface area contributed by atoms with Crippen molar-refractivity contribution in [1.82, 2.24) is 14.5 Å². The lowest BCUT2D eigenvalue weighted by atomic mass is 10.1. The molecule has 0 aliphatic carbocycles. The lowest BCUT2D eigenvalue weighted by Crippen LogP contribution is -2.48. The van der Waals surface area contributed by atoms with Crippen LogP contribution in [0.15, 0.2) is 29.1 Å². The molecule has 1 aliphatic rings. The Morgan fingerprint density at radius 3 is 2.57 bits per heavy atom. The van der Waals surface area contributed by atoms with Gasteiger partial charge in [0.05, 0.1) is 18.9 Å². The summed E-state index contributed by atoms with van der Waals surface area (Å²) in [5, 5.41) is 0. The molecule has 8 heteroatoms. The van der Waals surface area contributed by atoms with Gasteiger partial charge in [0.25, 0.3) is 5.56 Å². The van der Waals surface area contributed by atoms with Crippen LogP contribution in [0.1, 0.15) is 43.0 Å². The van der Waals surface area contributed by atoms with Gasteiger partial charge in [-0.1, -0.05) is 25.8 Å². The van der Waals surface area contributed by atoms with Crippen molar-refractivity contribution in [2.24, 2.45) is 0 Å². The summed E-state index contributed by atoms with van der Waals surface area (Å²) < 4.78 is 41.1. The normalized spacial score (nSPS) is 15.0. The van der Waals surface area contributed by atoms with Gasteiger partial charge in [-0.05, 0) is 38.5 Å². The van der Waals surface area contributed by atoms with Crippen molar-refractivity contribution in [2.45, 2.75) is 52.9 Å². The van der Waals surface area contributed by atoms with E-state index in [9.17, 15) is 18.0 Å². The maximum absolute atomic E-state index is 13.2. The van der Waals surface area contributed by atoms with Crippen LogP contribution in [0, 0.1) is 13.8 Å². The predicted molar refractivity (Wildman–Crippen MR) is 103 cm³/mol. The van der Waals surface area contributed by atoms with Crippen molar-refractivity contribution in [1.29, 1.82) is 0 Å². The fourth-order valence-corrected chi connectivity index (χ4v) is 3.36. The fraction of sp³-hybridized carbons (Fsp3) is 0.500. The van der Waals surface area contributed by atoms with Crippen LogP contribution in [0.5, 0.6) is 0 Å². The SMILES string of the molecule is CCCCCN1CN(c2cccc(C(F)(F)F)c2)c2nc(C)c(C)c(=O)n2C1. The highest BCUT2D eigenvalue weighted by molar-refractivity contribution is 5.59. The Bertz CT molecular complexity index is 907. The number of nitrogens with zero attached hydrogens (tertiary/aromatic N) is 4. The average molecular weight is 394 g/mol. The van der Waals surface area contributed by atoms with Crippen molar-refractivity contribution in [2.75, 3.05) is 18.1 Å². The summed E-state index contributed by atoms with van der Waals surface area (Å²) in [4.78, 5) is 21.1. The standard InChI is InChI=1S/C20H25F3N4O/c1-4-5-6-10-25-12-26(17-9-7-8-16(11-17)20(21,22)23)19-24-15(3)14(2)18(28)27(19)13-25/h7-9,11H,4-6,10,12-13H2,1-3H3. The molecule has 0 radical (unpaired) electrons. The maximum Gasteiger partial charge on any atom is 0.416 e. The van der Waals surface area contributed by atoms with Gasteiger partial charge < -0.3 is 0 Å². The van der Waals surface area contributed by atoms with E-state index in [0.717, 1.165) is 37.9 Å². The van der Waals surface area contributed by atoms with E-state index in [1.807, 2.05) is 0 Å². The molecule has 5 nitrogen and oxygen atoms in total. The van der Waals surface area contributed by atoms with Gasteiger partial charge in [0.2, 0.25) is 5.95 Å². The van der Waals surface area contributed by atoms with Crippen LogP contribution in [0.4, 0.5) is 24.8 Å². The van der Waals surface area contributed by atoms with Crippen LogP contribution in [-0.4, -0.2) is 27.7 Å². The molecule has 0 saturated heterocycles. The molecule has 1 aromatic carbocycles. The first-order chi connectivity index (χ1) is 13.2. The second kappa shape index (κ2) is 7.95. The predicted octanol–water partition coefficient (Wildman–Crippen LogP) is 4.44. The number of unbranched alkanes of at least 4 members (excludes halogenated alkanes) is 2. The van der Waals surface area contributed by atoms with Gasteiger partial charge in [-0.2, -0.15) is 13.2 Å². The fourth-order valence-electron chi connectivity index (χ4n) is 3.36. The molecule has 2 aromatic rings. The number of rotatable bonds is 5. The Morgan fingerprint density at radius 1 is 1.14 bits per heavy atom.